The Kier molecular flexibility index (Phi) is 6.05. The second-order valence-corrected chi connectivity index (χ2v) is 6.22. The van der Waals surface area contributed by atoms with Gasteiger partial charge in [-0.25, -0.2) is 9.18 Å². The number of carbonyl (C=O) groups is 1. The van der Waals surface area contributed by atoms with Gasteiger partial charge >= 0.3 is 6.09 Å². The Hall–Kier alpha value is -2.48. The molecule has 0 spiro atoms. The quantitative estimate of drug-likeness (QED) is 0.787. The van der Waals surface area contributed by atoms with Crippen molar-refractivity contribution in [3.63, 3.8) is 0 Å². The van der Waals surface area contributed by atoms with Gasteiger partial charge in [0, 0.05) is 12.7 Å². The third kappa shape index (κ3) is 3.80. The third-order valence-electron chi connectivity index (χ3n) is 4.51. The molecule has 3 rings (SSSR count). The standard InChI is InChI=1S/C20H22FNO5/c1-25-14-27-20(16-10-6-3-7-11-16)18(23)17(21)12-22(20)19(24)26-13-15-8-4-2-5-9-15/h2-11,17-18,23H,12-14H2,1H3. The largest absolute Gasteiger partial charge is 0.444 e. The monoisotopic (exact) mass is 375 g/mol. The van der Waals surface area contributed by atoms with E-state index in [1.165, 1.54) is 7.11 Å². The van der Waals surface area contributed by atoms with Crippen molar-refractivity contribution in [2.75, 3.05) is 20.4 Å². The molecular weight excluding hydrogens is 353 g/mol. The molecule has 0 aliphatic carbocycles. The van der Waals surface area contributed by atoms with Gasteiger partial charge in [-0.2, -0.15) is 0 Å². The first-order valence-corrected chi connectivity index (χ1v) is 8.58. The van der Waals surface area contributed by atoms with Crippen LogP contribution in [0.2, 0.25) is 0 Å². The molecule has 3 unspecified atom stereocenters. The topological polar surface area (TPSA) is 68.2 Å². The van der Waals surface area contributed by atoms with Crippen molar-refractivity contribution in [3.05, 3.63) is 71.8 Å². The minimum absolute atomic E-state index is 0.0262. The van der Waals surface area contributed by atoms with Gasteiger partial charge in [0.2, 0.25) is 5.72 Å². The Labute approximate surface area is 157 Å². The maximum absolute atomic E-state index is 14.5. The summed E-state index contributed by atoms with van der Waals surface area (Å²) in [7, 11) is 1.41. The van der Waals surface area contributed by atoms with Crippen LogP contribution in [-0.4, -0.2) is 48.8 Å². The number of aliphatic hydroxyl groups excluding tert-OH is 1. The molecule has 27 heavy (non-hydrogen) atoms. The predicted molar refractivity (Wildman–Crippen MR) is 95.3 cm³/mol. The summed E-state index contributed by atoms with van der Waals surface area (Å²) in [5.74, 6) is 0. The number of hydrogen-bond donors (Lipinski definition) is 1. The Morgan fingerprint density at radius 3 is 2.44 bits per heavy atom. The number of halogens is 1. The summed E-state index contributed by atoms with van der Waals surface area (Å²) in [5.41, 5.74) is -0.498. The third-order valence-corrected chi connectivity index (χ3v) is 4.51. The van der Waals surface area contributed by atoms with E-state index in [0.29, 0.717) is 5.56 Å². The number of carbonyl (C=O) groups excluding carboxylic acids is 1. The molecule has 1 aliphatic rings. The van der Waals surface area contributed by atoms with Crippen LogP contribution in [-0.2, 0) is 26.5 Å². The molecule has 6 nitrogen and oxygen atoms in total. The first-order chi connectivity index (χ1) is 13.1. The van der Waals surface area contributed by atoms with E-state index in [-0.39, 0.29) is 19.9 Å². The summed E-state index contributed by atoms with van der Waals surface area (Å²) in [6.07, 6.45) is -4.05. The molecule has 1 amide bonds. The molecule has 144 valence electrons. The molecule has 1 saturated heterocycles. The normalized spacial score (nSPS) is 24.8. The number of likely N-dealkylation sites (tertiary alicyclic amines) is 1. The van der Waals surface area contributed by atoms with Crippen molar-refractivity contribution >= 4 is 6.09 Å². The Morgan fingerprint density at radius 2 is 1.81 bits per heavy atom. The highest BCUT2D eigenvalue weighted by atomic mass is 19.1. The van der Waals surface area contributed by atoms with Crippen LogP contribution in [0.15, 0.2) is 60.7 Å². The number of ether oxygens (including phenoxy) is 3. The Balaban J connectivity index is 1.89. The van der Waals surface area contributed by atoms with E-state index in [0.717, 1.165) is 10.5 Å². The highest BCUT2D eigenvalue weighted by molar-refractivity contribution is 5.70. The van der Waals surface area contributed by atoms with E-state index < -0.39 is 24.1 Å². The second-order valence-electron chi connectivity index (χ2n) is 6.22. The van der Waals surface area contributed by atoms with Crippen LogP contribution in [0.1, 0.15) is 11.1 Å². The molecule has 1 aliphatic heterocycles. The summed E-state index contributed by atoms with van der Waals surface area (Å²) in [6, 6.07) is 17.7. The van der Waals surface area contributed by atoms with Gasteiger partial charge < -0.3 is 19.3 Å². The molecule has 1 heterocycles. The molecule has 0 aromatic heterocycles. The van der Waals surface area contributed by atoms with Crippen molar-refractivity contribution in [3.8, 4) is 0 Å². The van der Waals surface area contributed by atoms with E-state index in [2.05, 4.69) is 0 Å². The number of aliphatic hydroxyl groups is 1. The van der Waals surface area contributed by atoms with Gasteiger partial charge in [-0.3, -0.25) is 4.90 Å². The fourth-order valence-corrected chi connectivity index (χ4v) is 3.22. The molecule has 2 aromatic rings. The van der Waals surface area contributed by atoms with Gasteiger partial charge in [0.1, 0.15) is 25.7 Å². The minimum atomic E-state index is -1.73. The maximum Gasteiger partial charge on any atom is 0.412 e. The number of nitrogens with zero attached hydrogens (tertiary/aromatic N) is 1. The highest BCUT2D eigenvalue weighted by Crippen LogP contribution is 2.42. The van der Waals surface area contributed by atoms with Gasteiger partial charge in [0.25, 0.3) is 0 Å². The number of hydrogen-bond acceptors (Lipinski definition) is 5. The number of rotatable bonds is 6. The van der Waals surface area contributed by atoms with Crippen LogP contribution < -0.4 is 0 Å². The predicted octanol–water partition coefficient (Wildman–Crippen LogP) is 2.81. The van der Waals surface area contributed by atoms with Crippen molar-refractivity contribution < 1.29 is 28.5 Å². The second kappa shape index (κ2) is 8.47. The molecule has 0 bridgehead atoms. The van der Waals surface area contributed by atoms with Crippen molar-refractivity contribution in [1.82, 2.24) is 4.90 Å². The molecule has 1 N–H and O–H groups in total. The molecule has 2 aromatic carbocycles. The van der Waals surface area contributed by atoms with Gasteiger partial charge in [0.15, 0.2) is 0 Å². The summed E-state index contributed by atoms with van der Waals surface area (Å²) in [6.45, 7) is -0.563. The van der Waals surface area contributed by atoms with E-state index in [9.17, 15) is 14.3 Å². The van der Waals surface area contributed by atoms with Crippen molar-refractivity contribution in [2.24, 2.45) is 0 Å². The SMILES string of the molecule is COCOC1(c2ccccc2)C(O)C(F)CN1C(=O)OCc1ccccc1. The average molecular weight is 375 g/mol. The lowest BCUT2D eigenvalue weighted by atomic mass is 9.97. The zero-order valence-corrected chi connectivity index (χ0v) is 15.0. The Bertz CT molecular complexity index is 745. The van der Waals surface area contributed by atoms with Crippen LogP contribution in [0, 0.1) is 0 Å². The summed E-state index contributed by atoms with van der Waals surface area (Å²) in [5, 5.41) is 10.6. The van der Waals surface area contributed by atoms with Gasteiger partial charge in [-0.05, 0) is 5.56 Å². The van der Waals surface area contributed by atoms with E-state index >= 15 is 0 Å². The van der Waals surface area contributed by atoms with Crippen LogP contribution in [0.5, 0.6) is 0 Å². The number of benzene rings is 2. The molecule has 0 radical (unpaired) electrons. The highest BCUT2D eigenvalue weighted by Gasteiger charge is 2.59. The van der Waals surface area contributed by atoms with Crippen LogP contribution in [0.25, 0.3) is 0 Å². The van der Waals surface area contributed by atoms with Crippen LogP contribution >= 0.6 is 0 Å². The van der Waals surface area contributed by atoms with Crippen molar-refractivity contribution in [1.29, 1.82) is 0 Å². The first kappa shape index (κ1) is 19.3. The minimum Gasteiger partial charge on any atom is -0.444 e. The van der Waals surface area contributed by atoms with Crippen molar-refractivity contribution in [2.45, 2.75) is 24.6 Å². The van der Waals surface area contributed by atoms with Gasteiger partial charge in [-0.15, -0.1) is 0 Å². The van der Waals surface area contributed by atoms with E-state index in [1.54, 1.807) is 30.3 Å². The smallest absolute Gasteiger partial charge is 0.412 e. The zero-order valence-electron chi connectivity index (χ0n) is 15.0. The van der Waals surface area contributed by atoms with Crippen LogP contribution in [0.3, 0.4) is 0 Å². The lowest BCUT2D eigenvalue weighted by Gasteiger charge is -2.39. The summed E-state index contributed by atoms with van der Waals surface area (Å²) in [4.78, 5) is 13.8. The molecule has 0 saturated carbocycles. The molecule has 7 heteroatoms. The van der Waals surface area contributed by atoms with E-state index in [4.69, 9.17) is 14.2 Å². The first-order valence-electron chi connectivity index (χ1n) is 8.58. The van der Waals surface area contributed by atoms with Crippen LogP contribution in [0.4, 0.5) is 9.18 Å². The maximum atomic E-state index is 14.5. The fraction of sp³-hybridized carbons (Fsp3) is 0.350. The molecule has 3 atom stereocenters. The molecular formula is C20H22FNO5. The number of amides is 1. The lowest BCUT2D eigenvalue weighted by Crippen LogP contribution is -2.53. The number of methoxy groups -OCH3 is 1. The summed E-state index contributed by atoms with van der Waals surface area (Å²) >= 11 is 0. The average Bonchev–Trinajstić information content (AvgIpc) is 2.97. The fourth-order valence-electron chi connectivity index (χ4n) is 3.22. The number of alkyl halides is 1. The van der Waals surface area contributed by atoms with Gasteiger partial charge in [0.05, 0.1) is 6.54 Å². The lowest BCUT2D eigenvalue weighted by molar-refractivity contribution is -0.225. The zero-order chi connectivity index (χ0) is 19.3. The summed E-state index contributed by atoms with van der Waals surface area (Å²) < 4.78 is 30.5. The van der Waals surface area contributed by atoms with E-state index in [1.807, 2.05) is 30.3 Å². The Morgan fingerprint density at radius 1 is 1.19 bits per heavy atom. The van der Waals surface area contributed by atoms with Gasteiger partial charge in [-0.1, -0.05) is 60.7 Å². The molecule has 1 fully saturated rings.